The first-order valence-corrected chi connectivity index (χ1v) is 8.12. The van der Waals surface area contributed by atoms with Gasteiger partial charge < -0.3 is 5.73 Å². The molecule has 2 aromatic carbocycles. The van der Waals surface area contributed by atoms with Gasteiger partial charge in [0.25, 0.3) is 0 Å². The Morgan fingerprint density at radius 2 is 1.95 bits per heavy atom. The minimum atomic E-state index is -0.150. The van der Waals surface area contributed by atoms with Crippen molar-refractivity contribution in [2.75, 3.05) is 0 Å². The molecule has 2 aromatic rings. The first kappa shape index (κ1) is 14.1. The molecule has 1 atom stereocenters. The molecule has 1 unspecified atom stereocenters. The molecule has 1 aliphatic rings. The zero-order valence-corrected chi connectivity index (χ0v) is 13.5. The van der Waals surface area contributed by atoms with Gasteiger partial charge in [0.15, 0.2) is 0 Å². The molecule has 3 heteroatoms. The summed E-state index contributed by atoms with van der Waals surface area (Å²) in [6, 6.07) is 14.3. The Balaban J connectivity index is 1.93. The third kappa shape index (κ3) is 2.78. The minimum Gasteiger partial charge on any atom is -0.320 e. The fraction of sp³-hybridized carbons (Fsp3) is 0.294. The molecular weight excluding hydrogens is 334 g/mol. The van der Waals surface area contributed by atoms with Gasteiger partial charge in [-0.1, -0.05) is 58.2 Å². The van der Waals surface area contributed by atoms with Crippen LogP contribution in [-0.4, -0.2) is 0 Å². The summed E-state index contributed by atoms with van der Waals surface area (Å²) in [7, 11) is 0. The summed E-state index contributed by atoms with van der Waals surface area (Å²) in [5, 5.41) is 0.716. The predicted octanol–water partition coefficient (Wildman–Crippen LogP) is 5.42. The summed E-state index contributed by atoms with van der Waals surface area (Å²) in [5.41, 5.74) is 10.0. The quantitative estimate of drug-likeness (QED) is 0.786. The largest absolute Gasteiger partial charge is 0.320 e. The first-order valence-electron chi connectivity index (χ1n) is 6.95. The molecule has 0 radical (unpaired) electrons. The van der Waals surface area contributed by atoms with Crippen molar-refractivity contribution in [3.8, 4) is 0 Å². The number of hydrogen-bond donors (Lipinski definition) is 1. The molecule has 0 bridgehead atoms. The highest BCUT2D eigenvalue weighted by Crippen LogP contribution is 2.37. The van der Waals surface area contributed by atoms with E-state index >= 15 is 0 Å². The molecule has 20 heavy (non-hydrogen) atoms. The van der Waals surface area contributed by atoms with Gasteiger partial charge in [0, 0.05) is 9.50 Å². The molecule has 0 aliphatic heterocycles. The van der Waals surface area contributed by atoms with Crippen LogP contribution in [0.2, 0.25) is 5.02 Å². The molecule has 0 spiro atoms. The number of rotatable bonds is 3. The number of halogens is 2. The van der Waals surface area contributed by atoms with Crippen LogP contribution in [0.5, 0.6) is 0 Å². The lowest BCUT2D eigenvalue weighted by molar-refractivity contribution is 0.419. The smallest absolute Gasteiger partial charge is 0.0563 e. The van der Waals surface area contributed by atoms with Gasteiger partial charge in [0.1, 0.15) is 0 Å². The lowest BCUT2D eigenvalue weighted by atomic mass is 9.79. The molecular formula is C17H17BrClN. The summed E-state index contributed by atoms with van der Waals surface area (Å²) >= 11 is 9.65. The fourth-order valence-corrected chi connectivity index (χ4v) is 3.35. The summed E-state index contributed by atoms with van der Waals surface area (Å²) in [5.74, 6) is 0.727. The normalized spacial score (nSPS) is 16.8. The molecule has 0 heterocycles. The SMILES string of the molecule is NC(c1cccc(C2CCC2)c1)c1cc(Cl)ccc1Br. The summed E-state index contributed by atoms with van der Waals surface area (Å²) in [6.45, 7) is 0. The van der Waals surface area contributed by atoms with E-state index in [0.717, 1.165) is 21.5 Å². The Bertz CT molecular complexity index is 622. The highest BCUT2D eigenvalue weighted by molar-refractivity contribution is 9.10. The Labute approximate surface area is 133 Å². The van der Waals surface area contributed by atoms with E-state index < -0.39 is 0 Å². The second-order valence-electron chi connectivity index (χ2n) is 5.44. The van der Waals surface area contributed by atoms with Crippen LogP contribution < -0.4 is 5.73 Å². The highest BCUT2D eigenvalue weighted by Gasteiger charge is 2.21. The Morgan fingerprint density at radius 3 is 2.65 bits per heavy atom. The van der Waals surface area contributed by atoms with Crippen molar-refractivity contribution in [3.63, 3.8) is 0 Å². The van der Waals surface area contributed by atoms with Crippen LogP contribution in [0.15, 0.2) is 46.9 Å². The van der Waals surface area contributed by atoms with E-state index in [1.54, 1.807) is 0 Å². The van der Waals surface area contributed by atoms with Gasteiger partial charge in [0.05, 0.1) is 6.04 Å². The fourth-order valence-electron chi connectivity index (χ4n) is 2.68. The molecule has 0 aromatic heterocycles. The summed E-state index contributed by atoms with van der Waals surface area (Å²) in [4.78, 5) is 0. The Hall–Kier alpha value is -0.830. The van der Waals surface area contributed by atoms with E-state index in [1.807, 2.05) is 18.2 Å². The predicted molar refractivity (Wildman–Crippen MR) is 88.2 cm³/mol. The van der Waals surface area contributed by atoms with Gasteiger partial charge in [-0.3, -0.25) is 0 Å². The van der Waals surface area contributed by atoms with Crippen molar-refractivity contribution < 1.29 is 0 Å². The molecule has 1 nitrogen and oxygen atoms in total. The van der Waals surface area contributed by atoms with Crippen LogP contribution >= 0.6 is 27.5 Å². The molecule has 1 fully saturated rings. The van der Waals surface area contributed by atoms with Crippen molar-refractivity contribution in [1.82, 2.24) is 0 Å². The third-order valence-corrected chi connectivity index (χ3v) is 5.10. The molecule has 0 amide bonds. The van der Waals surface area contributed by atoms with Crippen molar-refractivity contribution in [1.29, 1.82) is 0 Å². The van der Waals surface area contributed by atoms with Crippen LogP contribution in [0.4, 0.5) is 0 Å². The van der Waals surface area contributed by atoms with E-state index in [1.165, 1.54) is 24.8 Å². The van der Waals surface area contributed by atoms with Gasteiger partial charge in [-0.05, 0) is 53.6 Å². The van der Waals surface area contributed by atoms with E-state index in [4.69, 9.17) is 17.3 Å². The molecule has 3 rings (SSSR count). The van der Waals surface area contributed by atoms with Gasteiger partial charge in [0.2, 0.25) is 0 Å². The van der Waals surface area contributed by atoms with Crippen LogP contribution in [0, 0.1) is 0 Å². The Morgan fingerprint density at radius 1 is 1.15 bits per heavy atom. The van der Waals surface area contributed by atoms with Gasteiger partial charge >= 0.3 is 0 Å². The second kappa shape index (κ2) is 5.88. The third-order valence-electron chi connectivity index (χ3n) is 4.14. The van der Waals surface area contributed by atoms with Crippen LogP contribution in [0.3, 0.4) is 0 Å². The highest BCUT2D eigenvalue weighted by atomic mass is 79.9. The van der Waals surface area contributed by atoms with E-state index in [-0.39, 0.29) is 6.04 Å². The van der Waals surface area contributed by atoms with Gasteiger partial charge in [-0.15, -0.1) is 0 Å². The van der Waals surface area contributed by atoms with Crippen molar-refractivity contribution in [3.05, 3.63) is 68.7 Å². The van der Waals surface area contributed by atoms with Crippen molar-refractivity contribution in [2.45, 2.75) is 31.2 Å². The first-order chi connectivity index (χ1) is 9.65. The van der Waals surface area contributed by atoms with Crippen molar-refractivity contribution in [2.24, 2.45) is 5.73 Å². The molecule has 1 saturated carbocycles. The van der Waals surface area contributed by atoms with Gasteiger partial charge in [-0.25, -0.2) is 0 Å². The van der Waals surface area contributed by atoms with Crippen LogP contribution in [0.25, 0.3) is 0 Å². The lowest BCUT2D eigenvalue weighted by Gasteiger charge is -2.26. The topological polar surface area (TPSA) is 26.0 Å². The number of nitrogens with two attached hydrogens (primary N) is 1. The standard InChI is InChI=1S/C17H17BrClN/c18-16-8-7-14(19)10-15(16)17(20)13-6-2-5-12(9-13)11-3-1-4-11/h2,5-11,17H,1,3-4,20H2. The number of benzene rings is 2. The van der Waals surface area contributed by atoms with Crippen molar-refractivity contribution >= 4 is 27.5 Å². The Kier molecular flexibility index (Phi) is 4.16. The monoisotopic (exact) mass is 349 g/mol. The molecule has 0 saturated heterocycles. The molecule has 1 aliphatic carbocycles. The van der Waals surface area contributed by atoms with E-state index in [9.17, 15) is 0 Å². The summed E-state index contributed by atoms with van der Waals surface area (Å²) in [6.07, 6.45) is 3.96. The summed E-state index contributed by atoms with van der Waals surface area (Å²) < 4.78 is 1.00. The van der Waals surface area contributed by atoms with Crippen LogP contribution in [0.1, 0.15) is 47.9 Å². The van der Waals surface area contributed by atoms with E-state index in [0.29, 0.717) is 5.02 Å². The van der Waals surface area contributed by atoms with Gasteiger partial charge in [-0.2, -0.15) is 0 Å². The second-order valence-corrected chi connectivity index (χ2v) is 6.73. The molecule has 104 valence electrons. The molecule has 2 N–H and O–H groups in total. The maximum absolute atomic E-state index is 6.43. The lowest BCUT2D eigenvalue weighted by Crippen LogP contribution is -2.14. The van der Waals surface area contributed by atoms with E-state index in [2.05, 4.69) is 40.2 Å². The zero-order chi connectivity index (χ0) is 14.1. The minimum absolute atomic E-state index is 0.150. The average Bonchev–Trinajstić information content (AvgIpc) is 2.39. The average molecular weight is 351 g/mol. The maximum Gasteiger partial charge on any atom is 0.0563 e. The zero-order valence-electron chi connectivity index (χ0n) is 11.2. The van der Waals surface area contributed by atoms with Crippen LogP contribution in [-0.2, 0) is 0 Å². The maximum atomic E-state index is 6.43. The number of hydrogen-bond acceptors (Lipinski definition) is 1.